The summed E-state index contributed by atoms with van der Waals surface area (Å²) in [5, 5.41) is 3.60. The molecule has 1 saturated heterocycles. The van der Waals surface area contributed by atoms with Gasteiger partial charge in [-0.3, -0.25) is 0 Å². The van der Waals surface area contributed by atoms with E-state index in [4.69, 9.17) is 0 Å². The van der Waals surface area contributed by atoms with Crippen molar-refractivity contribution in [2.75, 3.05) is 26.2 Å². The minimum absolute atomic E-state index is 0.439. The van der Waals surface area contributed by atoms with E-state index < -0.39 is 0 Å². The van der Waals surface area contributed by atoms with Crippen LogP contribution in [0.2, 0.25) is 0 Å². The van der Waals surface area contributed by atoms with Gasteiger partial charge in [0.05, 0.1) is 0 Å². The highest BCUT2D eigenvalue weighted by Gasteiger charge is 2.28. The van der Waals surface area contributed by atoms with E-state index in [-0.39, 0.29) is 0 Å². The molecular formula is C14H30N2. The number of nitrogens with one attached hydrogen (secondary N) is 1. The lowest BCUT2D eigenvalue weighted by molar-refractivity contribution is 0.173. The van der Waals surface area contributed by atoms with E-state index >= 15 is 0 Å². The molecule has 16 heavy (non-hydrogen) atoms. The third-order valence-electron chi connectivity index (χ3n) is 3.90. The first kappa shape index (κ1) is 14.0. The number of hydrogen-bond acceptors (Lipinski definition) is 2. The van der Waals surface area contributed by atoms with E-state index in [9.17, 15) is 0 Å². The molecule has 1 rings (SSSR count). The van der Waals surface area contributed by atoms with Crippen molar-refractivity contribution in [1.29, 1.82) is 0 Å². The van der Waals surface area contributed by atoms with Crippen LogP contribution >= 0.6 is 0 Å². The summed E-state index contributed by atoms with van der Waals surface area (Å²) in [6.07, 6.45) is 2.65. The van der Waals surface area contributed by atoms with Crippen molar-refractivity contribution in [1.82, 2.24) is 10.2 Å². The summed E-state index contributed by atoms with van der Waals surface area (Å²) in [6, 6.07) is 0.600. The zero-order valence-electron chi connectivity index (χ0n) is 11.8. The Kier molecular flexibility index (Phi) is 5.26. The van der Waals surface area contributed by atoms with Crippen LogP contribution in [0.1, 0.15) is 47.5 Å². The Hall–Kier alpha value is -0.0800. The molecular weight excluding hydrogens is 196 g/mol. The maximum atomic E-state index is 3.60. The van der Waals surface area contributed by atoms with E-state index in [0.29, 0.717) is 11.5 Å². The Morgan fingerprint density at radius 3 is 2.56 bits per heavy atom. The molecule has 1 aliphatic rings. The summed E-state index contributed by atoms with van der Waals surface area (Å²) in [5.74, 6) is 0.902. The van der Waals surface area contributed by atoms with Crippen LogP contribution in [-0.2, 0) is 0 Å². The fourth-order valence-electron chi connectivity index (χ4n) is 2.45. The van der Waals surface area contributed by atoms with Crippen molar-refractivity contribution in [3.63, 3.8) is 0 Å². The van der Waals surface area contributed by atoms with Gasteiger partial charge in [-0.1, -0.05) is 34.6 Å². The molecule has 1 fully saturated rings. The summed E-state index contributed by atoms with van der Waals surface area (Å²) in [7, 11) is 0. The van der Waals surface area contributed by atoms with Crippen molar-refractivity contribution < 1.29 is 0 Å². The molecule has 0 amide bonds. The van der Waals surface area contributed by atoms with Gasteiger partial charge in [-0.25, -0.2) is 0 Å². The topological polar surface area (TPSA) is 15.3 Å². The first-order chi connectivity index (χ1) is 7.45. The Balaban J connectivity index is 2.39. The standard InChI is InChI=1S/C14H30N2/c1-6-14(5,10-15-12(2)3)11-16-8-7-13(4)9-16/h12-13,15H,6-11H2,1-5H3. The molecule has 0 aromatic heterocycles. The average Bonchev–Trinajstić information content (AvgIpc) is 2.61. The first-order valence-electron chi connectivity index (χ1n) is 6.91. The summed E-state index contributed by atoms with van der Waals surface area (Å²) in [6.45, 7) is 16.6. The normalized spacial score (nSPS) is 26.2. The van der Waals surface area contributed by atoms with Gasteiger partial charge < -0.3 is 10.2 Å². The highest BCUT2D eigenvalue weighted by atomic mass is 15.2. The van der Waals surface area contributed by atoms with Gasteiger partial charge in [-0.2, -0.15) is 0 Å². The van der Waals surface area contributed by atoms with Crippen molar-refractivity contribution >= 4 is 0 Å². The predicted molar refractivity (Wildman–Crippen MR) is 71.8 cm³/mol. The van der Waals surface area contributed by atoms with Gasteiger partial charge in [-0.15, -0.1) is 0 Å². The SMILES string of the molecule is CCC(C)(CNC(C)C)CN1CCC(C)C1. The van der Waals surface area contributed by atoms with Gasteiger partial charge in [0.25, 0.3) is 0 Å². The third kappa shape index (κ3) is 4.42. The highest BCUT2D eigenvalue weighted by Crippen LogP contribution is 2.25. The van der Waals surface area contributed by atoms with Crippen LogP contribution in [-0.4, -0.2) is 37.1 Å². The maximum absolute atomic E-state index is 3.60. The first-order valence-corrected chi connectivity index (χ1v) is 6.91. The van der Waals surface area contributed by atoms with E-state index in [1.54, 1.807) is 0 Å². The van der Waals surface area contributed by atoms with Crippen molar-refractivity contribution in [2.24, 2.45) is 11.3 Å². The van der Waals surface area contributed by atoms with Crippen LogP contribution < -0.4 is 5.32 Å². The minimum atomic E-state index is 0.439. The van der Waals surface area contributed by atoms with Crippen LogP contribution in [0.15, 0.2) is 0 Å². The molecule has 1 heterocycles. The molecule has 2 unspecified atom stereocenters. The lowest BCUT2D eigenvalue weighted by Gasteiger charge is -2.34. The molecule has 2 nitrogen and oxygen atoms in total. The average molecular weight is 226 g/mol. The fourth-order valence-corrected chi connectivity index (χ4v) is 2.45. The molecule has 0 aromatic carbocycles. The zero-order chi connectivity index (χ0) is 12.2. The lowest BCUT2D eigenvalue weighted by atomic mass is 9.86. The molecule has 1 aliphatic heterocycles. The van der Waals surface area contributed by atoms with Gasteiger partial charge in [0.15, 0.2) is 0 Å². The minimum Gasteiger partial charge on any atom is -0.314 e. The summed E-state index contributed by atoms with van der Waals surface area (Å²) >= 11 is 0. The smallest absolute Gasteiger partial charge is 0.00475 e. The van der Waals surface area contributed by atoms with Crippen LogP contribution in [0, 0.1) is 11.3 Å². The second-order valence-electron chi connectivity index (χ2n) is 6.33. The molecule has 1 N–H and O–H groups in total. The van der Waals surface area contributed by atoms with Gasteiger partial charge in [0.1, 0.15) is 0 Å². The Labute approximate surface area is 102 Å². The molecule has 0 spiro atoms. The van der Waals surface area contributed by atoms with Crippen LogP contribution in [0.5, 0.6) is 0 Å². The Morgan fingerprint density at radius 1 is 1.44 bits per heavy atom. The van der Waals surface area contributed by atoms with Crippen LogP contribution in [0.25, 0.3) is 0 Å². The van der Waals surface area contributed by atoms with E-state index in [0.717, 1.165) is 12.5 Å². The number of nitrogens with zero attached hydrogens (tertiary/aromatic N) is 1. The maximum Gasteiger partial charge on any atom is 0.00475 e. The monoisotopic (exact) mass is 226 g/mol. The van der Waals surface area contributed by atoms with Crippen molar-refractivity contribution in [3.05, 3.63) is 0 Å². The van der Waals surface area contributed by atoms with Crippen molar-refractivity contribution in [3.8, 4) is 0 Å². The number of rotatable bonds is 6. The largest absolute Gasteiger partial charge is 0.314 e. The summed E-state index contributed by atoms with van der Waals surface area (Å²) < 4.78 is 0. The molecule has 0 aromatic rings. The molecule has 2 heteroatoms. The van der Waals surface area contributed by atoms with Gasteiger partial charge in [0, 0.05) is 25.7 Å². The van der Waals surface area contributed by atoms with Gasteiger partial charge in [-0.05, 0) is 30.7 Å². The third-order valence-corrected chi connectivity index (χ3v) is 3.90. The second-order valence-corrected chi connectivity index (χ2v) is 6.33. The molecule has 0 aliphatic carbocycles. The fraction of sp³-hybridized carbons (Fsp3) is 1.00. The summed E-state index contributed by atoms with van der Waals surface area (Å²) in [4.78, 5) is 2.65. The quantitative estimate of drug-likeness (QED) is 0.749. The van der Waals surface area contributed by atoms with Crippen molar-refractivity contribution in [2.45, 2.75) is 53.5 Å². The molecule has 0 bridgehead atoms. The Bertz CT molecular complexity index is 203. The van der Waals surface area contributed by atoms with Crippen LogP contribution in [0.3, 0.4) is 0 Å². The predicted octanol–water partition coefficient (Wildman–Crippen LogP) is 2.74. The molecule has 0 saturated carbocycles. The van der Waals surface area contributed by atoms with Gasteiger partial charge >= 0.3 is 0 Å². The molecule has 0 radical (unpaired) electrons. The lowest BCUT2D eigenvalue weighted by Crippen LogP contribution is -2.43. The summed E-state index contributed by atoms with van der Waals surface area (Å²) in [5.41, 5.74) is 0.439. The zero-order valence-corrected chi connectivity index (χ0v) is 11.8. The van der Waals surface area contributed by atoms with E-state index in [2.05, 4.69) is 44.8 Å². The van der Waals surface area contributed by atoms with E-state index in [1.807, 2.05) is 0 Å². The number of likely N-dealkylation sites (tertiary alicyclic amines) is 1. The highest BCUT2D eigenvalue weighted by molar-refractivity contribution is 4.83. The van der Waals surface area contributed by atoms with Crippen LogP contribution in [0.4, 0.5) is 0 Å². The van der Waals surface area contributed by atoms with E-state index in [1.165, 1.54) is 32.5 Å². The number of hydrogen-bond donors (Lipinski definition) is 1. The van der Waals surface area contributed by atoms with Gasteiger partial charge in [0.2, 0.25) is 0 Å². The molecule has 2 atom stereocenters. The second kappa shape index (κ2) is 6.02. The Morgan fingerprint density at radius 2 is 2.12 bits per heavy atom. The molecule has 96 valence electrons.